The Kier molecular flexibility index (Phi) is 5.13. The molecule has 0 saturated heterocycles. The summed E-state index contributed by atoms with van der Waals surface area (Å²) in [6.45, 7) is 4.30. The number of nitrogens with zero attached hydrogens (tertiary/aromatic N) is 3. The molecule has 0 unspecified atom stereocenters. The summed E-state index contributed by atoms with van der Waals surface area (Å²) in [6, 6.07) is 7.73. The molecule has 1 aromatic carbocycles. The number of nitrogens with one attached hydrogen (secondary N) is 2. The number of rotatable bonds is 6. The van der Waals surface area contributed by atoms with E-state index in [1.807, 2.05) is 38.1 Å². The molecule has 112 valence electrons. The summed E-state index contributed by atoms with van der Waals surface area (Å²) in [7, 11) is 0. The van der Waals surface area contributed by atoms with Crippen molar-refractivity contribution in [1.29, 1.82) is 0 Å². The zero-order valence-electron chi connectivity index (χ0n) is 11.8. The van der Waals surface area contributed by atoms with Gasteiger partial charge in [0.05, 0.1) is 6.10 Å². The number of nitrogen functional groups attached to an aromatic ring is 1. The van der Waals surface area contributed by atoms with E-state index in [2.05, 4.69) is 25.7 Å². The third kappa shape index (κ3) is 4.73. The Bertz CT molecular complexity index is 607. The Hall–Kier alpha value is -2.12. The summed E-state index contributed by atoms with van der Waals surface area (Å²) in [5, 5.41) is 3.76. The largest absolute Gasteiger partial charge is 0.461 e. The second-order valence-corrected chi connectivity index (χ2v) is 5.00. The van der Waals surface area contributed by atoms with E-state index >= 15 is 0 Å². The number of hydrazine groups is 1. The molecule has 4 N–H and O–H groups in total. The van der Waals surface area contributed by atoms with E-state index in [1.165, 1.54) is 0 Å². The van der Waals surface area contributed by atoms with Gasteiger partial charge >= 0.3 is 6.01 Å². The highest BCUT2D eigenvalue weighted by molar-refractivity contribution is 6.30. The first-order valence-electron chi connectivity index (χ1n) is 6.44. The maximum absolute atomic E-state index is 5.94. The number of ether oxygens (including phenoxy) is 1. The third-order valence-corrected chi connectivity index (χ3v) is 2.66. The van der Waals surface area contributed by atoms with Crippen LogP contribution >= 0.6 is 11.6 Å². The van der Waals surface area contributed by atoms with Gasteiger partial charge in [0, 0.05) is 11.6 Å². The zero-order chi connectivity index (χ0) is 15.2. The lowest BCUT2D eigenvalue weighted by Gasteiger charge is -2.11. The average molecular weight is 309 g/mol. The first-order chi connectivity index (χ1) is 10.1. The molecular formula is C13H17ClN6O. The van der Waals surface area contributed by atoms with E-state index < -0.39 is 0 Å². The Morgan fingerprint density at radius 2 is 2.00 bits per heavy atom. The quantitative estimate of drug-likeness (QED) is 0.556. The van der Waals surface area contributed by atoms with Crippen molar-refractivity contribution in [3.8, 4) is 6.01 Å². The number of hydrogen-bond donors (Lipinski definition) is 3. The summed E-state index contributed by atoms with van der Waals surface area (Å²) in [4.78, 5) is 12.3. The van der Waals surface area contributed by atoms with Crippen molar-refractivity contribution in [3.05, 3.63) is 34.9 Å². The molecule has 0 aliphatic heterocycles. The van der Waals surface area contributed by atoms with Crippen LogP contribution in [0.4, 0.5) is 11.9 Å². The molecule has 7 nitrogen and oxygen atoms in total. The van der Waals surface area contributed by atoms with Gasteiger partial charge in [-0.25, -0.2) is 5.84 Å². The third-order valence-electron chi connectivity index (χ3n) is 2.42. The van der Waals surface area contributed by atoms with E-state index in [1.54, 1.807) is 0 Å². The topological polar surface area (TPSA) is 98.0 Å². The van der Waals surface area contributed by atoms with Crippen molar-refractivity contribution < 1.29 is 4.74 Å². The minimum absolute atomic E-state index is 0.0428. The molecule has 0 saturated carbocycles. The summed E-state index contributed by atoms with van der Waals surface area (Å²) >= 11 is 5.94. The molecule has 0 atom stereocenters. The molecule has 2 rings (SSSR count). The molecule has 0 amide bonds. The fraction of sp³-hybridized carbons (Fsp3) is 0.308. The fourth-order valence-corrected chi connectivity index (χ4v) is 1.80. The minimum Gasteiger partial charge on any atom is -0.461 e. The van der Waals surface area contributed by atoms with Crippen LogP contribution in [-0.4, -0.2) is 21.1 Å². The first-order valence-corrected chi connectivity index (χ1v) is 6.82. The van der Waals surface area contributed by atoms with Crippen LogP contribution in [0.15, 0.2) is 24.3 Å². The van der Waals surface area contributed by atoms with Crippen molar-refractivity contribution in [1.82, 2.24) is 15.0 Å². The average Bonchev–Trinajstić information content (AvgIpc) is 2.44. The van der Waals surface area contributed by atoms with Crippen LogP contribution in [0.5, 0.6) is 6.01 Å². The number of anilines is 2. The minimum atomic E-state index is -0.0428. The van der Waals surface area contributed by atoms with Gasteiger partial charge in [-0.05, 0) is 31.5 Å². The normalized spacial score (nSPS) is 10.5. The van der Waals surface area contributed by atoms with Crippen molar-refractivity contribution in [2.45, 2.75) is 26.5 Å². The Morgan fingerprint density at radius 3 is 2.67 bits per heavy atom. The lowest BCUT2D eigenvalue weighted by atomic mass is 10.2. The van der Waals surface area contributed by atoms with E-state index in [-0.39, 0.29) is 18.1 Å². The highest BCUT2D eigenvalue weighted by atomic mass is 35.5. The maximum atomic E-state index is 5.94. The number of benzene rings is 1. The Balaban J connectivity index is 2.11. The summed E-state index contributed by atoms with van der Waals surface area (Å²) < 4.78 is 5.45. The lowest BCUT2D eigenvalue weighted by Crippen LogP contribution is -2.16. The fourth-order valence-electron chi connectivity index (χ4n) is 1.59. The van der Waals surface area contributed by atoms with E-state index in [0.717, 1.165) is 5.56 Å². The van der Waals surface area contributed by atoms with E-state index in [9.17, 15) is 0 Å². The van der Waals surface area contributed by atoms with Crippen molar-refractivity contribution in [2.24, 2.45) is 5.84 Å². The molecule has 0 fully saturated rings. The standard InChI is InChI=1S/C13H17ClN6O/c1-8(2)21-13-18-11(17-12(19-13)20-15)16-7-9-4-3-5-10(14)6-9/h3-6,8H,7,15H2,1-2H3,(H2,16,17,18,19,20). The zero-order valence-corrected chi connectivity index (χ0v) is 12.6. The Morgan fingerprint density at radius 1 is 1.24 bits per heavy atom. The van der Waals surface area contributed by atoms with Gasteiger partial charge in [-0.15, -0.1) is 0 Å². The summed E-state index contributed by atoms with van der Waals surface area (Å²) in [6.07, 6.45) is -0.0428. The summed E-state index contributed by atoms with van der Waals surface area (Å²) in [5.41, 5.74) is 3.40. The van der Waals surface area contributed by atoms with E-state index in [4.69, 9.17) is 22.2 Å². The summed E-state index contributed by atoms with van der Waals surface area (Å²) in [5.74, 6) is 5.94. The van der Waals surface area contributed by atoms with Gasteiger partial charge in [0.2, 0.25) is 11.9 Å². The van der Waals surface area contributed by atoms with Gasteiger partial charge < -0.3 is 10.1 Å². The van der Waals surface area contributed by atoms with Crippen molar-refractivity contribution in [2.75, 3.05) is 10.7 Å². The second-order valence-electron chi connectivity index (χ2n) is 4.56. The molecular weight excluding hydrogens is 292 g/mol. The number of halogens is 1. The SMILES string of the molecule is CC(C)Oc1nc(NN)nc(NCc2cccc(Cl)c2)n1. The van der Waals surface area contributed by atoms with Crippen molar-refractivity contribution >= 4 is 23.5 Å². The molecule has 0 radical (unpaired) electrons. The van der Waals surface area contributed by atoms with Gasteiger partial charge in [0.1, 0.15) is 0 Å². The number of nitrogens with two attached hydrogens (primary N) is 1. The monoisotopic (exact) mass is 308 g/mol. The number of aromatic nitrogens is 3. The van der Waals surface area contributed by atoms with Crippen LogP contribution in [0.25, 0.3) is 0 Å². The van der Waals surface area contributed by atoms with Crippen molar-refractivity contribution in [3.63, 3.8) is 0 Å². The van der Waals surface area contributed by atoms with Gasteiger partial charge in [0.25, 0.3) is 0 Å². The molecule has 2 aromatic rings. The van der Waals surface area contributed by atoms with Crippen LogP contribution in [0.3, 0.4) is 0 Å². The second kappa shape index (κ2) is 7.05. The molecule has 8 heteroatoms. The highest BCUT2D eigenvalue weighted by Gasteiger charge is 2.08. The smallest absolute Gasteiger partial charge is 0.323 e. The maximum Gasteiger partial charge on any atom is 0.323 e. The molecule has 0 bridgehead atoms. The van der Waals surface area contributed by atoms with Crippen LogP contribution in [-0.2, 0) is 6.54 Å². The van der Waals surface area contributed by atoms with Crippen LogP contribution in [0.1, 0.15) is 19.4 Å². The molecule has 1 aromatic heterocycles. The van der Waals surface area contributed by atoms with Crippen LogP contribution < -0.4 is 21.3 Å². The van der Waals surface area contributed by atoms with Gasteiger partial charge in [0.15, 0.2) is 0 Å². The molecule has 0 spiro atoms. The molecule has 0 aliphatic carbocycles. The highest BCUT2D eigenvalue weighted by Crippen LogP contribution is 2.14. The predicted octanol–water partition coefficient (Wildman–Crippen LogP) is 2.21. The van der Waals surface area contributed by atoms with Gasteiger partial charge in [-0.1, -0.05) is 23.7 Å². The molecule has 1 heterocycles. The predicted molar refractivity (Wildman–Crippen MR) is 82.2 cm³/mol. The van der Waals surface area contributed by atoms with Gasteiger partial charge in [-0.2, -0.15) is 15.0 Å². The molecule has 21 heavy (non-hydrogen) atoms. The van der Waals surface area contributed by atoms with Crippen LogP contribution in [0, 0.1) is 0 Å². The van der Waals surface area contributed by atoms with E-state index in [0.29, 0.717) is 17.5 Å². The molecule has 0 aliphatic rings. The first kappa shape index (κ1) is 15.3. The van der Waals surface area contributed by atoms with Gasteiger partial charge in [-0.3, -0.25) is 5.43 Å². The van der Waals surface area contributed by atoms with Crippen LogP contribution in [0.2, 0.25) is 5.02 Å². The Labute approximate surface area is 127 Å². The number of hydrogen-bond acceptors (Lipinski definition) is 7. The lowest BCUT2D eigenvalue weighted by molar-refractivity contribution is 0.222.